The molecule has 0 atom stereocenters. The van der Waals surface area contributed by atoms with E-state index in [9.17, 15) is 0 Å². The molecule has 30 heavy (non-hydrogen) atoms. The minimum Gasteiger partial charge on any atom is -0.371 e. The maximum absolute atomic E-state index is 4.59. The molecule has 0 bridgehead atoms. The molecule has 0 radical (unpaired) electrons. The summed E-state index contributed by atoms with van der Waals surface area (Å²) in [6.07, 6.45) is 13.2. The van der Waals surface area contributed by atoms with Gasteiger partial charge in [-0.1, -0.05) is 45.8 Å². The number of piperidine rings is 1. The predicted molar refractivity (Wildman–Crippen MR) is 131 cm³/mol. The van der Waals surface area contributed by atoms with Crippen LogP contribution in [0.15, 0.2) is 37.1 Å². The molecule has 3 heteroatoms. The molecule has 2 aliphatic heterocycles. The van der Waals surface area contributed by atoms with E-state index in [-0.39, 0.29) is 0 Å². The fourth-order valence-corrected chi connectivity index (χ4v) is 5.22. The van der Waals surface area contributed by atoms with Crippen molar-refractivity contribution in [2.75, 3.05) is 36.4 Å². The highest BCUT2D eigenvalue weighted by atomic mass is 15.2. The lowest BCUT2D eigenvalue weighted by atomic mass is 9.91. The Balaban J connectivity index is 1.54. The van der Waals surface area contributed by atoms with Crippen LogP contribution in [0, 0.1) is 11.8 Å². The number of rotatable bonds is 8. The molecule has 1 aromatic rings. The molecule has 1 N–H and O–H groups in total. The smallest absolute Gasteiger partial charge is 0.0481 e. The molecule has 4 rings (SSSR count). The summed E-state index contributed by atoms with van der Waals surface area (Å²) in [5.74, 6) is 1.58. The van der Waals surface area contributed by atoms with Crippen LogP contribution in [0.4, 0.5) is 11.4 Å². The van der Waals surface area contributed by atoms with Gasteiger partial charge in [-0.3, -0.25) is 0 Å². The number of anilines is 2. The molecule has 3 aliphatic rings. The van der Waals surface area contributed by atoms with Gasteiger partial charge in [0.25, 0.3) is 0 Å². The third-order valence-electron chi connectivity index (χ3n) is 7.32. The summed E-state index contributed by atoms with van der Waals surface area (Å²) in [6.45, 7) is 15.8. The zero-order valence-electron chi connectivity index (χ0n) is 19.1. The summed E-state index contributed by atoms with van der Waals surface area (Å²) < 4.78 is 0. The van der Waals surface area contributed by atoms with Crippen LogP contribution in [0.5, 0.6) is 0 Å². The first-order valence-electron chi connectivity index (χ1n) is 12.4. The summed E-state index contributed by atoms with van der Waals surface area (Å²) in [7, 11) is 0. The van der Waals surface area contributed by atoms with Gasteiger partial charge in [0.05, 0.1) is 0 Å². The third-order valence-corrected chi connectivity index (χ3v) is 7.32. The van der Waals surface area contributed by atoms with Crippen molar-refractivity contribution in [1.82, 2.24) is 4.90 Å². The fourth-order valence-electron chi connectivity index (χ4n) is 5.22. The average molecular weight is 408 g/mol. The van der Waals surface area contributed by atoms with Gasteiger partial charge >= 0.3 is 0 Å². The van der Waals surface area contributed by atoms with Crippen molar-refractivity contribution in [3.8, 4) is 0 Å². The van der Waals surface area contributed by atoms with Crippen molar-refractivity contribution in [1.29, 1.82) is 0 Å². The molecule has 0 spiro atoms. The normalized spacial score (nSPS) is 20.7. The fraction of sp³-hybridized carbons (Fsp3) is 0.630. The molecule has 3 nitrogen and oxygen atoms in total. The number of nitrogens with one attached hydrogen (secondary N) is 1. The summed E-state index contributed by atoms with van der Waals surface area (Å²) >= 11 is 0. The maximum Gasteiger partial charge on any atom is 0.0481 e. The van der Waals surface area contributed by atoms with Crippen LogP contribution in [0.2, 0.25) is 0 Å². The van der Waals surface area contributed by atoms with Gasteiger partial charge in [-0.05, 0) is 68.6 Å². The second-order valence-electron chi connectivity index (χ2n) is 9.72. The Morgan fingerprint density at radius 2 is 1.67 bits per heavy atom. The summed E-state index contributed by atoms with van der Waals surface area (Å²) in [5, 5.41) is 3.60. The highest BCUT2D eigenvalue weighted by Gasteiger charge is 2.26. The van der Waals surface area contributed by atoms with Crippen molar-refractivity contribution in [3.63, 3.8) is 0 Å². The number of hydrogen-bond donors (Lipinski definition) is 1. The largest absolute Gasteiger partial charge is 0.371 e. The zero-order valence-corrected chi connectivity index (χ0v) is 19.1. The summed E-state index contributed by atoms with van der Waals surface area (Å²) in [5.41, 5.74) is 6.28. The van der Waals surface area contributed by atoms with Crippen molar-refractivity contribution >= 4 is 17.1 Å². The van der Waals surface area contributed by atoms with E-state index in [0.717, 1.165) is 32.1 Å². The second kappa shape index (κ2) is 9.94. The van der Waals surface area contributed by atoms with Crippen molar-refractivity contribution in [2.45, 2.75) is 71.1 Å². The van der Waals surface area contributed by atoms with Gasteiger partial charge in [0.1, 0.15) is 0 Å². The molecule has 0 unspecified atom stereocenters. The van der Waals surface area contributed by atoms with Gasteiger partial charge in [0, 0.05) is 54.5 Å². The monoisotopic (exact) mass is 407 g/mol. The van der Waals surface area contributed by atoms with E-state index in [1.165, 1.54) is 92.5 Å². The van der Waals surface area contributed by atoms with Crippen molar-refractivity contribution in [3.05, 3.63) is 42.6 Å². The van der Waals surface area contributed by atoms with Crippen LogP contribution < -0.4 is 10.2 Å². The van der Waals surface area contributed by atoms with Crippen LogP contribution in [0.1, 0.15) is 76.7 Å². The van der Waals surface area contributed by atoms with Crippen LogP contribution in [0.3, 0.4) is 0 Å². The molecular formula is C27H41N3. The quantitative estimate of drug-likeness (QED) is 0.506. The molecular weight excluding hydrogens is 366 g/mol. The highest BCUT2D eigenvalue weighted by Crippen LogP contribution is 2.38. The van der Waals surface area contributed by atoms with Gasteiger partial charge in [0.2, 0.25) is 0 Å². The van der Waals surface area contributed by atoms with Gasteiger partial charge in [-0.25, -0.2) is 0 Å². The Morgan fingerprint density at radius 1 is 0.967 bits per heavy atom. The summed E-state index contributed by atoms with van der Waals surface area (Å²) in [4.78, 5) is 5.15. The Kier molecular flexibility index (Phi) is 7.07. The van der Waals surface area contributed by atoms with Crippen LogP contribution in [0.25, 0.3) is 5.70 Å². The van der Waals surface area contributed by atoms with Crippen LogP contribution in [-0.4, -0.2) is 31.1 Å². The Bertz CT molecular complexity index is 732. The van der Waals surface area contributed by atoms with Crippen molar-refractivity contribution < 1.29 is 0 Å². The molecule has 2 saturated heterocycles. The number of likely N-dealkylation sites (tertiary alicyclic amines) is 1. The van der Waals surface area contributed by atoms with E-state index in [2.05, 4.69) is 53.4 Å². The average Bonchev–Trinajstić information content (AvgIpc) is 3.61. The van der Waals surface area contributed by atoms with Gasteiger partial charge in [-0.2, -0.15) is 0 Å². The molecule has 2 heterocycles. The lowest BCUT2D eigenvalue weighted by Gasteiger charge is -2.36. The molecule has 164 valence electrons. The topological polar surface area (TPSA) is 18.5 Å². The second-order valence-corrected chi connectivity index (χ2v) is 9.72. The first-order chi connectivity index (χ1) is 14.7. The highest BCUT2D eigenvalue weighted by molar-refractivity contribution is 5.78. The molecule has 1 aromatic carbocycles. The van der Waals surface area contributed by atoms with E-state index in [1.807, 2.05) is 0 Å². The van der Waals surface area contributed by atoms with E-state index in [1.54, 1.807) is 0 Å². The standard InChI is InChI=1S/C27H41N3/c1-4-9-23-14-18-29(19-15-23)22(3)26-13-12-25(28-21(2)24-10-11-24)20-27(26)30-16-7-5-6-8-17-30/h12-13,20,23-24,28H,2-11,14-19H2,1H3. The molecule has 0 amide bonds. The number of benzene rings is 1. The van der Waals surface area contributed by atoms with Crippen LogP contribution >= 0.6 is 0 Å². The van der Waals surface area contributed by atoms with E-state index in [0.29, 0.717) is 5.92 Å². The van der Waals surface area contributed by atoms with E-state index < -0.39 is 0 Å². The number of nitrogens with zero attached hydrogens (tertiary/aromatic N) is 2. The van der Waals surface area contributed by atoms with Gasteiger partial charge in [-0.15, -0.1) is 0 Å². The Morgan fingerprint density at radius 3 is 2.30 bits per heavy atom. The lowest BCUT2D eigenvalue weighted by Crippen LogP contribution is -2.33. The van der Waals surface area contributed by atoms with E-state index in [4.69, 9.17) is 0 Å². The maximum atomic E-state index is 4.59. The number of hydrogen-bond acceptors (Lipinski definition) is 3. The first kappa shape index (κ1) is 21.3. The minimum absolute atomic E-state index is 0.672. The first-order valence-corrected chi connectivity index (χ1v) is 12.4. The minimum atomic E-state index is 0.672. The van der Waals surface area contributed by atoms with Gasteiger partial charge in [0.15, 0.2) is 0 Å². The van der Waals surface area contributed by atoms with E-state index >= 15 is 0 Å². The Hall–Kier alpha value is -1.90. The lowest BCUT2D eigenvalue weighted by molar-refractivity contribution is 0.245. The number of allylic oxidation sites excluding steroid dienone is 1. The molecule has 0 aromatic heterocycles. The predicted octanol–water partition coefficient (Wildman–Crippen LogP) is 6.89. The molecule has 3 fully saturated rings. The molecule has 1 saturated carbocycles. The van der Waals surface area contributed by atoms with Crippen LogP contribution in [-0.2, 0) is 0 Å². The third kappa shape index (κ3) is 5.22. The molecule has 1 aliphatic carbocycles. The zero-order chi connectivity index (χ0) is 20.9. The summed E-state index contributed by atoms with van der Waals surface area (Å²) in [6, 6.07) is 6.91. The Labute approximate surface area is 184 Å². The van der Waals surface area contributed by atoms with Crippen molar-refractivity contribution in [2.24, 2.45) is 11.8 Å². The van der Waals surface area contributed by atoms with Gasteiger partial charge < -0.3 is 15.1 Å². The SMILES string of the molecule is C=C(Nc1ccc(C(=C)N2CCC(CCC)CC2)c(N2CCCCCC2)c1)C1CC1.